The summed E-state index contributed by atoms with van der Waals surface area (Å²) >= 11 is 0. The molecule has 1 heterocycles. The molecule has 0 unspecified atom stereocenters. The summed E-state index contributed by atoms with van der Waals surface area (Å²) in [5.74, 6) is -0.114. The highest BCUT2D eigenvalue weighted by Crippen LogP contribution is 2.21. The molecule has 0 bridgehead atoms. The third-order valence-corrected chi connectivity index (χ3v) is 4.43. The van der Waals surface area contributed by atoms with Gasteiger partial charge in [-0.25, -0.2) is 0 Å². The molecule has 1 rings (SSSR count). The quantitative estimate of drug-likeness (QED) is 0.581. The van der Waals surface area contributed by atoms with Crippen molar-refractivity contribution in [2.24, 2.45) is 0 Å². The summed E-state index contributed by atoms with van der Waals surface area (Å²) in [6.07, 6.45) is 16.1. The van der Waals surface area contributed by atoms with Crippen molar-refractivity contribution >= 4 is 11.7 Å². The lowest BCUT2D eigenvalue weighted by atomic mass is 9.97. The third kappa shape index (κ3) is 7.12. The Morgan fingerprint density at radius 1 is 1.17 bits per heavy atom. The Hall–Kier alpha value is -1.90. The molecule has 0 aromatic heterocycles. The van der Waals surface area contributed by atoms with Crippen molar-refractivity contribution in [2.45, 2.75) is 70.8 Å². The first-order valence-electron chi connectivity index (χ1n) is 9.03. The summed E-state index contributed by atoms with van der Waals surface area (Å²) in [4.78, 5) is 24.6. The van der Waals surface area contributed by atoms with Crippen LogP contribution in [0.5, 0.6) is 0 Å². The fourth-order valence-electron chi connectivity index (χ4n) is 3.03. The predicted octanol–water partition coefficient (Wildman–Crippen LogP) is 4.81. The lowest BCUT2D eigenvalue weighted by molar-refractivity contribution is -0.125. The maximum Gasteiger partial charge on any atom is 0.248 e. The molecule has 0 saturated heterocycles. The molecule has 0 aliphatic carbocycles. The van der Waals surface area contributed by atoms with Gasteiger partial charge in [-0.05, 0) is 38.2 Å². The van der Waals surface area contributed by atoms with E-state index in [0.29, 0.717) is 12.0 Å². The number of hydrogen-bond acceptors (Lipinski definition) is 2. The summed E-state index contributed by atoms with van der Waals surface area (Å²) < 4.78 is 0. The molecule has 0 fully saturated rings. The van der Waals surface area contributed by atoms with Crippen LogP contribution in [0.1, 0.15) is 64.7 Å². The van der Waals surface area contributed by atoms with E-state index in [-0.39, 0.29) is 17.7 Å². The number of hydrogen-bond donors (Lipinski definition) is 1. The second-order valence-electron chi connectivity index (χ2n) is 6.39. The van der Waals surface area contributed by atoms with E-state index in [0.717, 1.165) is 37.7 Å². The van der Waals surface area contributed by atoms with E-state index in [2.05, 4.69) is 18.5 Å². The number of ketones is 1. The first kappa shape index (κ1) is 20.1. The normalized spacial score (nSPS) is 24.4. The molecule has 1 aliphatic heterocycles. The lowest BCUT2D eigenvalue weighted by Crippen LogP contribution is -2.40. The largest absolute Gasteiger partial charge is 0.343 e. The van der Waals surface area contributed by atoms with Crippen molar-refractivity contribution < 1.29 is 9.59 Å². The number of Topliss-reactive ketones (excluding diaryl/α,β-unsaturated/α-hetero) is 1. The van der Waals surface area contributed by atoms with Crippen LogP contribution >= 0.6 is 0 Å². The average Bonchev–Trinajstić information content (AvgIpc) is 2.57. The van der Waals surface area contributed by atoms with Crippen LogP contribution in [0.4, 0.5) is 0 Å². The van der Waals surface area contributed by atoms with Gasteiger partial charge in [0.15, 0.2) is 5.78 Å². The molecule has 0 aromatic carbocycles. The van der Waals surface area contributed by atoms with Gasteiger partial charge in [-0.15, -0.1) is 6.58 Å². The molecule has 0 saturated carbocycles. The highest BCUT2D eigenvalue weighted by Gasteiger charge is 2.20. The fraction of sp³-hybridized carbons (Fsp3) is 0.524. The molecule has 1 amide bonds. The lowest BCUT2D eigenvalue weighted by Gasteiger charge is -2.18. The van der Waals surface area contributed by atoms with Crippen LogP contribution in [0.2, 0.25) is 0 Å². The van der Waals surface area contributed by atoms with Crippen LogP contribution in [-0.2, 0) is 9.59 Å². The van der Waals surface area contributed by atoms with Gasteiger partial charge in [0.25, 0.3) is 0 Å². The molecule has 1 N–H and O–H groups in total. The molecular formula is C21H31NO2. The highest BCUT2D eigenvalue weighted by atomic mass is 16.2. The van der Waals surface area contributed by atoms with Gasteiger partial charge in [-0.2, -0.15) is 0 Å². The van der Waals surface area contributed by atoms with E-state index < -0.39 is 0 Å². The number of nitrogens with one attached hydrogen (secondary N) is 1. The molecular weight excluding hydrogens is 298 g/mol. The summed E-state index contributed by atoms with van der Waals surface area (Å²) in [6.45, 7) is 9.04. The number of allylic oxidation sites excluding steroid dienone is 5. The van der Waals surface area contributed by atoms with Gasteiger partial charge in [-0.3, -0.25) is 9.59 Å². The Kier molecular flexibility index (Phi) is 9.74. The fourth-order valence-corrected chi connectivity index (χ4v) is 3.03. The van der Waals surface area contributed by atoms with E-state index in [1.807, 2.05) is 12.2 Å². The molecule has 0 radical (unpaired) electrons. The van der Waals surface area contributed by atoms with E-state index in [4.69, 9.17) is 0 Å². The molecule has 3 heteroatoms. The molecule has 24 heavy (non-hydrogen) atoms. The van der Waals surface area contributed by atoms with Gasteiger partial charge in [0.05, 0.1) is 6.04 Å². The van der Waals surface area contributed by atoms with E-state index >= 15 is 0 Å². The first-order valence-corrected chi connectivity index (χ1v) is 9.03. The smallest absolute Gasteiger partial charge is 0.248 e. The zero-order valence-electron chi connectivity index (χ0n) is 15.0. The number of carbonyl (C=O) groups excluding carboxylic acids is 2. The van der Waals surface area contributed by atoms with E-state index in [1.165, 1.54) is 19.3 Å². The van der Waals surface area contributed by atoms with E-state index in [1.54, 1.807) is 19.1 Å². The Balaban J connectivity index is 3.13. The Morgan fingerprint density at radius 2 is 1.83 bits per heavy atom. The van der Waals surface area contributed by atoms with Crippen LogP contribution in [0, 0.1) is 0 Å². The minimum atomic E-state index is -0.386. The Bertz CT molecular complexity index is 514. The topological polar surface area (TPSA) is 46.2 Å². The third-order valence-electron chi connectivity index (χ3n) is 4.43. The van der Waals surface area contributed by atoms with Crippen molar-refractivity contribution in [3.8, 4) is 0 Å². The van der Waals surface area contributed by atoms with Crippen molar-refractivity contribution in [3.63, 3.8) is 0 Å². The summed E-state index contributed by atoms with van der Waals surface area (Å²) in [5.41, 5.74) is 1.74. The molecule has 1 aliphatic rings. The molecule has 0 aromatic rings. The van der Waals surface area contributed by atoms with Crippen LogP contribution in [0.3, 0.4) is 0 Å². The maximum absolute atomic E-state index is 12.8. The molecule has 1 atom stereocenters. The maximum atomic E-state index is 12.8. The summed E-state index contributed by atoms with van der Waals surface area (Å²) in [5, 5.41) is 2.94. The van der Waals surface area contributed by atoms with Gasteiger partial charge >= 0.3 is 0 Å². The van der Waals surface area contributed by atoms with Crippen molar-refractivity contribution in [1.82, 2.24) is 5.32 Å². The molecule has 132 valence electrons. The monoisotopic (exact) mass is 329 g/mol. The number of carbonyl (C=O) groups is 2. The standard InChI is InChI=1S/C21H31NO2/c1-4-6-14-18-15-11-9-7-8-10-12-16-20(17(3)23)22-21(24)19(18)13-5-2/h4-6,14,20H,1-2,7-13,15-16H2,3H3,(H,22,24)/b14-6-,19-18-/t20-/m0/s1. The zero-order chi connectivity index (χ0) is 17.8. The number of rotatable bonds is 5. The van der Waals surface area contributed by atoms with Gasteiger partial charge in [0.2, 0.25) is 5.91 Å². The van der Waals surface area contributed by atoms with Crippen LogP contribution in [0.25, 0.3) is 0 Å². The zero-order valence-corrected chi connectivity index (χ0v) is 15.0. The van der Waals surface area contributed by atoms with Crippen LogP contribution in [0.15, 0.2) is 48.6 Å². The molecule has 0 spiro atoms. The first-order chi connectivity index (χ1) is 11.6. The van der Waals surface area contributed by atoms with E-state index in [9.17, 15) is 9.59 Å². The van der Waals surface area contributed by atoms with Gasteiger partial charge < -0.3 is 5.32 Å². The van der Waals surface area contributed by atoms with Crippen LogP contribution < -0.4 is 5.32 Å². The number of amides is 1. The highest BCUT2D eigenvalue weighted by molar-refractivity contribution is 5.98. The second-order valence-corrected chi connectivity index (χ2v) is 6.39. The van der Waals surface area contributed by atoms with Crippen LogP contribution in [-0.4, -0.2) is 17.7 Å². The Labute approximate surface area is 146 Å². The second kappa shape index (κ2) is 11.6. The minimum absolute atomic E-state index is 0.0272. The van der Waals surface area contributed by atoms with Gasteiger partial charge in [-0.1, -0.05) is 63.0 Å². The van der Waals surface area contributed by atoms with Crippen molar-refractivity contribution in [2.75, 3.05) is 0 Å². The Morgan fingerprint density at radius 3 is 2.46 bits per heavy atom. The summed E-state index contributed by atoms with van der Waals surface area (Å²) in [7, 11) is 0. The van der Waals surface area contributed by atoms with Gasteiger partial charge in [0, 0.05) is 5.57 Å². The van der Waals surface area contributed by atoms with Crippen molar-refractivity contribution in [1.29, 1.82) is 0 Å². The predicted molar refractivity (Wildman–Crippen MR) is 101 cm³/mol. The SMILES string of the molecule is C=C/C=C\C1=C(/CC=C)C(=O)N[C@H](C(C)=O)CCCCCCCC1. The van der Waals surface area contributed by atoms with Gasteiger partial charge in [0.1, 0.15) is 0 Å². The average molecular weight is 329 g/mol. The van der Waals surface area contributed by atoms with Crippen molar-refractivity contribution in [3.05, 3.63) is 48.6 Å². The minimum Gasteiger partial charge on any atom is -0.343 e. The molecule has 3 nitrogen and oxygen atoms in total. The summed E-state index contributed by atoms with van der Waals surface area (Å²) in [6, 6.07) is -0.386.